The van der Waals surface area contributed by atoms with Gasteiger partial charge in [-0.2, -0.15) is 0 Å². The Bertz CT molecular complexity index is 573. The van der Waals surface area contributed by atoms with Crippen molar-refractivity contribution in [1.82, 2.24) is 0 Å². The molecular formula is C26H42BrNO2. The minimum absolute atomic E-state index is 0.163. The van der Waals surface area contributed by atoms with Crippen molar-refractivity contribution >= 4 is 21.6 Å². The molecule has 1 aromatic rings. The maximum Gasteiger partial charge on any atom is 0.142 e. The second-order valence-corrected chi connectivity index (χ2v) is 9.24. The van der Waals surface area contributed by atoms with Crippen molar-refractivity contribution in [2.45, 2.75) is 109 Å². The van der Waals surface area contributed by atoms with E-state index in [9.17, 15) is 0 Å². The SMILES string of the molecule is CCCCCCCCCCCCCCCCOc1ccc(C2=NOC(CBr)C2)cc1. The molecule has 0 radical (unpaired) electrons. The molecule has 1 atom stereocenters. The Morgan fingerprint density at radius 1 is 0.833 bits per heavy atom. The lowest BCUT2D eigenvalue weighted by molar-refractivity contribution is 0.104. The van der Waals surface area contributed by atoms with Crippen LogP contribution in [0.25, 0.3) is 0 Å². The average Bonchev–Trinajstić information content (AvgIpc) is 3.26. The highest BCUT2D eigenvalue weighted by Gasteiger charge is 2.20. The minimum Gasteiger partial charge on any atom is -0.494 e. The Labute approximate surface area is 193 Å². The lowest BCUT2D eigenvalue weighted by Crippen LogP contribution is -2.09. The molecule has 0 spiro atoms. The molecule has 1 heterocycles. The molecule has 30 heavy (non-hydrogen) atoms. The number of hydrogen-bond donors (Lipinski definition) is 0. The lowest BCUT2D eigenvalue weighted by Gasteiger charge is -2.07. The predicted octanol–water partition coefficient (Wildman–Crippen LogP) is 8.43. The summed E-state index contributed by atoms with van der Waals surface area (Å²) in [6, 6.07) is 8.25. The van der Waals surface area contributed by atoms with Gasteiger partial charge in [0.1, 0.15) is 11.9 Å². The maximum atomic E-state index is 5.89. The first-order valence-corrected chi connectivity index (χ1v) is 13.5. The molecule has 4 heteroatoms. The van der Waals surface area contributed by atoms with E-state index in [0.29, 0.717) is 0 Å². The number of alkyl halides is 1. The number of ether oxygens (including phenoxy) is 1. The lowest BCUT2D eigenvalue weighted by atomic mass is 10.0. The summed E-state index contributed by atoms with van der Waals surface area (Å²) in [6.45, 7) is 3.10. The highest BCUT2D eigenvalue weighted by Crippen LogP contribution is 2.20. The zero-order chi connectivity index (χ0) is 21.3. The Kier molecular flexibility index (Phi) is 14.0. The quantitative estimate of drug-likeness (QED) is 0.156. The van der Waals surface area contributed by atoms with Crippen LogP contribution < -0.4 is 4.74 Å². The summed E-state index contributed by atoms with van der Waals surface area (Å²) in [7, 11) is 0. The summed E-state index contributed by atoms with van der Waals surface area (Å²) in [6.07, 6.45) is 20.4. The molecule has 0 fully saturated rings. The van der Waals surface area contributed by atoms with Gasteiger partial charge in [-0.05, 0) is 36.2 Å². The third kappa shape index (κ3) is 10.8. The Morgan fingerprint density at radius 3 is 1.87 bits per heavy atom. The third-order valence-electron chi connectivity index (χ3n) is 5.86. The van der Waals surface area contributed by atoms with Gasteiger partial charge in [0, 0.05) is 11.8 Å². The van der Waals surface area contributed by atoms with Crippen LogP contribution in [0.5, 0.6) is 5.75 Å². The van der Waals surface area contributed by atoms with Gasteiger partial charge >= 0.3 is 0 Å². The van der Waals surface area contributed by atoms with Crippen LogP contribution in [0.15, 0.2) is 29.4 Å². The standard InChI is InChI=1S/C26H42BrNO2/c1-2-3-4-5-6-7-8-9-10-11-12-13-14-15-20-29-24-18-16-23(17-19-24)26-21-25(22-27)30-28-26/h16-19,25H,2-15,20-22H2,1H3. The van der Waals surface area contributed by atoms with E-state index in [1.54, 1.807) is 0 Å². The van der Waals surface area contributed by atoms with Gasteiger partial charge in [-0.1, -0.05) is 111 Å². The zero-order valence-electron chi connectivity index (χ0n) is 19.0. The smallest absolute Gasteiger partial charge is 0.142 e. The van der Waals surface area contributed by atoms with E-state index in [4.69, 9.17) is 9.57 Å². The van der Waals surface area contributed by atoms with Gasteiger partial charge in [0.2, 0.25) is 0 Å². The molecule has 0 saturated carbocycles. The first-order valence-electron chi connectivity index (χ1n) is 12.4. The summed E-state index contributed by atoms with van der Waals surface area (Å²) in [5, 5.41) is 5.00. The van der Waals surface area contributed by atoms with Gasteiger partial charge in [-0.15, -0.1) is 0 Å². The van der Waals surface area contributed by atoms with Crippen molar-refractivity contribution in [3.8, 4) is 5.75 Å². The molecule has 3 nitrogen and oxygen atoms in total. The van der Waals surface area contributed by atoms with Crippen molar-refractivity contribution in [1.29, 1.82) is 0 Å². The van der Waals surface area contributed by atoms with E-state index in [1.807, 2.05) is 12.1 Å². The van der Waals surface area contributed by atoms with E-state index >= 15 is 0 Å². The van der Waals surface area contributed by atoms with Gasteiger partial charge < -0.3 is 9.57 Å². The second-order valence-electron chi connectivity index (χ2n) is 8.59. The average molecular weight is 481 g/mol. The first kappa shape index (κ1) is 25.2. The van der Waals surface area contributed by atoms with E-state index < -0.39 is 0 Å². The fourth-order valence-corrected chi connectivity index (χ4v) is 4.26. The molecular weight excluding hydrogens is 438 g/mol. The molecule has 2 rings (SSSR count). The van der Waals surface area contributed by atoms with Crippen LogP contribution in [0.4, 0.5) is 0 Å². The fraction of sp³-hybridized carbons (Fsp3) is 0.731. The number of oxime groups is 1. The summed E-state index contributed by atoms with van der Waals surface area (Å²) >= 11 is 3.45. The molecule has 0 amide bonds. The molecule has 1 aliphatic heterocycles. The highest BCUT2D eigenvalue weighted by molar-refractivity contribution is 9.09. The monoisotopic (exact) mass is 479 g/mol. The van der Waals surface area contributed by atoms with Crippen molar-refractivity contribution in [2.75, 3.05) is 11.9 Å². The summed E-state index contributed by atoms with van der Waals surface area (Å²) < 4.78 is 5.89. The van der Waals surface area contributed by atoms with Gasteiger partial charge in [0.05, 0.1) is 12.3 Å². The van der Waals surface area contributed by atoms with E-state index in [2.05, 4.69) is 40.1 Å². The van der Waals surface area contributed by atoms with E-state index in [0.717, 1.165) is 41.8 Å². The maximum absolute atomic E-state index is 5.89. The van der Waals surface area contributed by atoms with Crippen LogP contribution in [0, 0.1) is 0 Å². The second kappa shape index (κ2) is 16.6. The Morgan fingerprint density at radius 2 is 1.37 bits per heavy atom. The van der Waals surface area contributed by atoms with Crippen molar-refractivity contribution in [3.63, 3.8) is 0 Å². The summed E-state index contributed by atoms with van der Waals surface area (Å²) in [5.74, 6) is 0.949. The van der Waals surface area contributed by atoms with Gasteiger partial charge in [0.15, 0.2) is 0 Å². The molecule has 1 aromatic carbocycles. The van der Waals surface area contributed by atoms with E-state index in [1.165, 1.54) is 83.5 Å². The third-order valence-corrected chi connectivity index (χ3v) is 6.58. The van der Waals surface area contributed by atoms with Crippen LogP contribution in [-0.4, -0.2) is 23.8 Å². The largest absolute Gasteiger partial charge is 0.494 e. The van der Waals surface area contributed by atoms with Gasteiger partial charge in [0.25, 0.3) is 0 Å². The predicted molar refractivity (Wildman–Crippen MR) is 132 cm³/mol. The molecule has 0 aliphatic carbocycles. The number of nitrogens with zero attached hydrogens (tertiary/aromatic N) is 1. The van der Waals surface area contributed by atoms with Crippen LogP contribution in [0.3, 0.4) is 0 Å². The normalized spacial score (nSPS) is 15.8. The summed E-state index contributed by atoms with van der Waals surface area (Å²) in [4.78, 5) is 5.37. The minimum atomic E-state index is 0.163. The first-order chi connectivity index (χ1) is 14.8. The number of hydrogen-bond acceptors (Lipinski definition) is 3. The van der Waals surface area contributed by atoms with Crippen molar-refractivity contribution < 1.29 is 9.57 Å². The molecule has 170 valence electrons. The van der Waals surface area contributed by atoms with Crippen LogP contribution in [0.2, 0.25) is 0 Å². The number of rotatable bonds is 18. The van der Waals surface area contributed by atoms with Crippen LogP contribution in [-0.2, 0) is 4.84 Å². The van der Waals surface area contributed by atoms with Crippen LogP contribution >= 0.6 is 15.9 Å². The van der Waals surface area contributed by atoms with Crippen LogP contribution in [0.1, 0.15) is 109 Å². The van der Waals surface area contributed by atoms with E-state index in [-0.39, 0.29) is 6.10 Å². The number of benzene rings is 1. The number of unbranched alkanes of at least 4 members (excludes halogenated alkanes) is 13. The molecule has 0 aromatic heterocycles. The van der Waals surface area contributed by atoms with Crippen molar-refractivity contribution in [3.05, 3.63) is 29.8 Å². The van der Waals surface area contributed by atoms with Gasteiger partial charge in [-0.3, -0.25) is 0 Å². The fourth-order valence-electron chi connectivity index (χ4n) is 3.91. The molecule has 1 aliphatic rings. The topological polar surface area (TPSA) is 30.8 Å². The van der Waals surface area contributed by atoms with Crippen molar-refractivity contribution in [2.24, 2.45) is 5.16 Å². The highest BCUT2D eigenvalue weighted by atomic mass is 79.9. The molecule has 0 bridgehead atoms. The molecule has 1 unspecified atom stereocenters. The molecule has 0 saturated heterocycles. The Balaban J connectivity index is 1.39. The Hall–Kier alpha value is -1.03. The zero-order valence-corrected chi connectivity index (χ0v) is 20.6. The van der Waals surface area contributed by atoms with Gasteiger partial charge in [-0.25, -0.2) is 0 Å². The summed E-state index contributed by atoms with van der Waals surface area (Å²) in [5.41, 5.74) is 2.15. The number of halogens is 1. The molecule has 0 N–H and O–H groups in total.